The average Bonchev–Trinajstić information content (AvgIpc) is 2.98. The molecule has 1 saturated heterocycles. The van der Waals surface area contributed by atoms with Crippen molar-refractivity contribution in [3.05, 3.63) is 65.7 Å². The fourth-order valence-corrected chi connectivity index (χ4v) is 4.25. The van der Waals surface area contributed by atoms with Crippen molar-refractivity contribution in [3.63, 3.8) is 0 Å². The molecule has 2 aromatic carbocycles. The van der Waals surface area contributed by atoms with Crippen molar-refractivity contribution in [3.8, 4) is 0 Å². The summed E-state index contributed by atoms with van der Waals surface area (Å²) in [7, 11) is 0. The van der Waals surface area contributed by atoms with E-state index in [9.17, 15) is 4.79 Å². The van der Waals surface area contributed by atoms with E-state index in [-0.39, 0.29) is 11.9 Å². The Morgan fingerprint density at radius 1 is 1.00 bits per heavy atom. The standard InChI is InChI=1S/C22H28N2OS/c1-26-21-14-8-7-13-19(21)22(25)23-17-20(18-11-5-4-6-12-18)24-15-9-2-3-10-16-24/h4-8,11-14,20H,2-3,9-10,15-17H2,1H3,(H,23,25). The highest BCUT2D eigenvalue weighted by atomic mass is 32.2. The summed E-state index contributed by atoms with van der Waals surface area (Å²) in [6.45, 7) is 2.86. The summed E-state index contributed by atoms with van der Waals surface area (Å²) in [5, 5.41) is 3.20. The van der Waals surface area contributed by atoms with E-state index < -0.39 is 0 Å². The van der Waals surface area contributed by atoms with Crippen molar-refractivity contribution in [1.82, 2.24) is 10.2 Å². The smallest absolute Gasteiger partial charge is 0.252 e. The molecule has 26 heavy (non-hydrogen) atoms. The van der Waals surface area contributed by atoms with Crippen LogP contribution in [0.15, 0.2) is 59.5 Å². The highest BCUT2D eigenvalue weighted by molar-refractivity contribution is 7.98. The number of likely N-dealkylation sites (tertiary alicyclic amines) is 1. The van der Waals surface area contributed by atoms with Gasteiger partial charge in [-0.15, -0.1) is 11.8 Å². The Labute approximate surface area is 161 Å². The molecular weight excluding hydrogens is 340 g/mol. The van der Waals surface area contributed by atoms with Crippen molar-refractivity contribution >= 4 is 17.7 Å². The van der Waals surface area contributed by atoms with Crippen LogP contribution in [0.5, 0.6) is 0 Å². The number of amides is 1. The Hall–Kier alpha value is -1.78. The minimum Gasteiger partial charge on any atom is -0.350 e. The van der Waals surface area contributed by atoms with Gasteiger partial charge in [0, 0.05) is 11.4 Å². The van der Waals surface area contributed by atoms with E-state index >= 15 is 0 Å². The van der Waals surface area contributed by atoms with Crippen LogP contribution < -0.4 is 5.32 Å². The van der Waals surface area contributed by atoms with E-state index in [4.69, 9.17) is 0 Å². The molecule has 1 N–H and O–H groups in total. The Bertz CT molecular complexity index is 696. The maximum atomic E-state index is 12.8. The SMILES string of the molecule is CSc1ccccc1C(=O)NCC(c1ccccc1)N1CCCCCC1. The molecule has 1 atom stereocenters. The molecule has 1 fully saturated rings. The largest absolute Gasteiger partial charge is 0.350 e. The topological polar surface area (TPSA) is 32.3 Å². The van der Waals surface area contributed by atoms with Crippen LogP contribution in [-0.2, 0) is 0 Å². The Morgan fingerprint density at radius 3 is 2.35 bits per heavy atom. The van der Waals surface area contributed by atoms with Crippen molar-refractivity contribution in [1.29, 1.82) is 0 Å². The normalized spacial score (nSPS) is 16.7. The first-order valence-corrected chi connectivity index (χ1v) is 10.7. The number of thioether (sulfide) groups is 1. The zero-order valence-corrected chi connectivity index (χ0v) is 16.3. The van der Waals surface area contributed by atoms with E-state index in [0.29, 0.717) is 6.54 Å². The first kappa shape index (κ1) is 19.0. The molecule has 4 heteroatoms. The van der Waals surface area contributed by atoms with Gasteiger partial charge in [0.1, 0.15) is 0 Å². The molecule has 0 aromatic heterocycles. The van der Waals surface area contributed by atoms with Crippen molar-refractivity contribution in [2.24, 2.45) is 0 Å². The zero-order chi connectivity index (χ0) is 18.2. The summed E-state index contributed by atoms with van der Waals surface area (Å²) in [5.41, 5.74) is 2.05. The van der Waals surface area contributed by atoms with Gasteiger partial charge in [-0.05, 0) is 49.9 Å². The molecule has 1 aliphatic rings. The molecule has 138 valence electrons. The summed E-state index contributed by atoms with van der Waals surface area (Å²) in [6, 6.07) is 18.6. The minimum atomic E-state index is 0.0192. The summed E-state index contributed by atoms with van der Waals surface area (Å²) >= 11 is 1.61. The third kappa shape index (κ3) is 4.89. The van der Waals surface area contributed by atoms with Gasteiger partial charge in [-0.1, -0.05) is 55.3 Å². The molecule has 0 spiro atoms. The van der Waals surface area contributed by atoms with E-state index in [1.807, 2.05) is 30.5 Å². The summed E-state index contributed by atoms with van der Waals surface area (Å²) in [5.74, 6) is 0.0192. The molecule has 1 aliphatic heterocycles. The van der Waals surface area contributed by atoms with Crippen LogP contribution in [0.4, 0.5) is 0 Å². The lowest BCUT2D eigenvalue weighted by Crippen LogP contribution is -2.38. The molecule has 3 rings (SSSR count). The monoisotopic (exact) mass is 368 g/mol. The Morgan fingerprint density at radius 2 is 1.65 bits per heavy atom. The van der Waals surface area contributed by atoms with Gasteiger partial charge >= 0.3 is 0 Å². The maximum Gasteiger partial charge on any atom is 0.252 e. The van der Waals surface area contributed by atoms with Gasteiger partial charge in [0.25, 0.3) is 5.91 Å². The number of hydrogen-bond donors (Lipinski definition) is 1. The van der Waals surface area contributed by atoms with Crippen LogP contribution in [0.25, 0.3) is 0 Å². The maximum absolute atomic E-state index is 12.8. The third-order valence-electron chi connectivity index (χ3n) is 5.07. The van der Waals surface area contributed by atoms with Gasteiger partial charge in [-0.3, -0.25) is 9.69 Å². The van der Waals surface area contributed by atoms with Crippen molar-refractivity contribution < 1.29 is 4.79 Å². The van der Waals surface area contributed by atoms with Gasteiger partial charge in [-0.2, -0.15) is 0 Å². The molecule has 2 aromatic rings. The van der Waals surface area contributed by atoms with Crippen LogP contribution in [0.2, 0.25) is 0 Å². The van der Waals surface area contributed by atoms with Gasteiger partial charge in [-0.25, -0.2) is 0 Å². The second kappa shape index (κ2) is 9.79. The fraction of sp³-hybridized carbons (Fsp3) is 0.409. The second-order valence-corrected chi connectivity index (χ2v) is 7.64. The summed E-state index contributed by atoms with van der Waals surface area (Å²) in [4.78, 5) is 16.3. The van der Waals surface area contributed by atoms with Gasteiger partial charge in [0.15, 0.2) is 0 Å². The quantitative estimate of drug-likeness (QED) is 0.747. The molecule has 0 aliphatic carbocycles. The number of hydrogen-bond acceptors (Lipinski definition) is 3. The Kier molecular flexibility index (Phi) is 7.15. The molecule has 1 unspecified atom stereocenters. The highest BCUT2D eigenvalue weighted by Gasteiger charge is 2.22. The van der Waals surface area contributed by atoms with Crippen molar-refractivity contribution in [2.45, 2.75) is 36.6 Å². The number of carbonyl (C=O) groups is 1. The average molecular weight is 369 g/mol. The van der Waals surface area contributed by atoms with E-state index in [1.165, 1.54) is 31.2 Å². The summed E-state index contributed by atoms with van der Waals surface area (Å²) in [6.07, 6.45) is 7.12. The number of nitrogens with zero attached hydrogens (tertiary/aromatic N) is 1. The van der Waals surface area contributed by atoms with E-state index in [1.54, 1.807) is 11.8 Å². The van der Waals surface area contributed by atoms with Crippen LogP contribution in [0.3, 0.4) is 0 Å². The van der Waals surface area contributed by atoms with E-state index in [2.05, 4.69) is 40.5 Å². The van der Waals surface area contributed by atoms with Crippen LogP contribution >= 0.6 is 11.8 Å². The molecule has 0 saturated carbocycles. The molecule has 1 amide bonds. The molecular formula is C22H28N2OS. The number of nitrogens with one attached hydrogen (secondary N) is 1. The number of benzene rings is 2. The first-order chi connectivity index (χ1) is 12.8. The highest BCUT2D eigenvalue weighted by Crippen LogP contribution is 2.24. The van der Waals surface area contributed by atoms with Crippen LogP contribution in [0.1, 0.15) is 47.6 Å². The second-order valence-electron chi connectivity index (χ2n) is 6.79. The lowest BCUT2D eigenvalue weighted by molar-refractivity contribution is 0.0930. The molecule has 0 bridgehead atoms. The number of carbonyl (C=O) groups excluding carboxylic acids is 1. The lowest BCUT2D eigenvalue weighted by atomic mass is 10.0. The predicted molar refractivity (Wildman–Crippen MR) is 110 cm³/mol. The zero-order valence-electron chi connectivity index (χ0n) is 15.5. The predicted octanol–water partition coefficient (Wildman–Crippen LogP) is 4.76. The Balaban J connectivity index is 1.74. The van der Waals surface area contributed by atoms with Gasteiger partial charge < -0.3 is 5.32 Å². The fourth-order valence-electron chi connectivity index (χ4n) is 3.66. The molecule has 3 nitrogen and oxygen atoms in total. The summed E-state index contributed by atoms with van der Waals surface area (Å²) < 4.78 is 0. The van der Waals surface area contributed by atoms with Gasteiger partial charge in [0.05, 0.1) is 11.6 Å². The third-order valence-corrected chi connectivity index (χ3v) is 5.87. The number of rotatable bonds is 6. The van der Waals surface area contributed by atoms with Crippen molar-refractivity contribution in [2.75, 3.05) is 25.9 Å². The lowest BCUT2D eigenvalue weighted by Gasteiger charge is -2.31. The minimum absolute atomic E-state index is 0.0192. The van der Waals surface area contributed by atoms with Crippen LogP contribution in [-0.4, -0.2) is 36.7 Å². The molecule has 0 radical (unpaired) electrons. The van der Waals surface area contributed by atoms with E-state index in [0.717, 1.165) is 23.5 Å². The van der Waals surface area contributed by atoms with Crippen LogP contribution in [0, 0.1) is 0 Å². The van der Waals surface area contributed by atoms with Gasteiger partial charge in [0.2, 0.25) is 0 Å². The first-order valence-electron chi connectivity index (χ1n) is 9.50. The molecule has 1 heterocycles.